The Morgan fingerprint density at radius 2 is 1.84 bits per heavy atom. The Kier molecular flexibility index (Phi) is 5.78. The van der Waals surface area contributed by atoms with E-state index in [1.807, 2.05) is 41.3 Å². The van der Waals surface area contributed by atoms with Gasteiger partial charge in [-0.25, -0.2) is 0 Å². The second-order valence-corrected chi connectivity index (χ2v) is 9.55. The monoisotopic (exact) mass is 440 g/mol. The number of hydrogen-bond donors (Lipinski definition) is 1. The third-order valence-corrected chi connectivity index (χ3v) is 7.45. The zero-order chi connectivity index (χ0) is 21.4. The normalized spacial score (nSPS) is 25.8. The SMILES string of the molecule is O=C(C1CCOCC1)N1[C@@H](CO)[C@@H](c2ccccc2)C12CN(Cc1cccc(Cl)c1)C2. The Hall–Kier alpha value is -1.92. The molecule has 3 aliphatic heterocycles. The maximum absolute atomic E-state index is 13.6. The fraction of sp³-hybridized carbons (Fsp3) is 0.480. The minimum atomic E-state index is -0.247. The maximum Gasteiger partial charge on any atom is 0.226 e. The van der Waals surface area contributed by atoms with E-state index in [0.29, 0.717) is 13.2 Å². The summed E-state index contributed by atoms with van der Waals surface area (Å²) in [4.78, 5) is 18.0. The summed E-state index contributed by atoms with van der Waals surface area (Å²) in [5.41, 5.74) is 2.14. The van der Waals surface area contributed by atoms with Crippen LogP contribution in [0.4, 0.5) is 0 Å². The molecule has 0 aliphatic carbocycles. The molecule has 31 heavy (non-hydrogen) atoms. The summed E-state index contributed by atoms with van der Waals surface area (Å²) in [5.74, 6) is 0.341. The molecule has 2 atom stereocenters. The van der Waals surface area contributed by atoms with Crippen molar-refractivity contribution >= 4 is 17.5 Å². The first-order chi connectivity index (χ1) is 15.1. The number of hydrogen-bond acceptors (Lipinski definition) is 4. The van der Waals surface area contributed by atoms with Gasteiger partial charge in [0.15, 0.2) is 0 Å². The fourth-order valence-corrected chi connectivity index (χ4v) is 6.10. The lowest BCUT2D eigenvalue weighted by atomic mass is 9.60. The second-order valence-electron chi connectivity index (χ2n) is 9.11. The van der Waals surface area contributed by atoms with Crippen LogP contribution in [0.15, 0.2) is 54.6 Å². The van der Waals surface area contributed by atoms with Crippen molar-refractivity contribution in [3.05, 3.63) is 70.7 Å². The number of amides is 1. The van der Waals surface area contributed by atoms with Crippen molar-refractivity contribution in [3.8, 4) is 0 Å². The first kappa shape index (κ1) is 21.0. The first-order valence-corrected chi connectivity index (χ1v) is 11.5. The van der Waals surface area contributed by atoms with E-state index in [4.69, 9.17) is 16.3 Å². The van der Waals surface area contributed by atoms with Gasteiger partial charge in [-0.15, -0.1) is 0 Å². The van der Waals surface area contributed by atoms with E-state index in [0.717, 1.165) is 37.5 Å². The third kappa shape index (κ3) is 3.68. The minimum absolute atomic E-state index is 0.00150. The molecule has 5 nitrogen and oxygen atoms in total. The number of carbonyl (C=O) groups is 1. The lowest BCUT2D eigenvalue weighted by Crippen LogP contribution is -2.85. The molecule has 0 radical (unpaired) electrons. The second kappa shape index (κ2) is 8.55. The van der Waals surface area contributed by atoms with Gasteiger partial charge in [0.25, 0.3) is 0 Å². The van der Waals surface area contributed by atoms with Crippen molar-refractivity contribution in [2.75, 3.05) is 32.9 Å². The van der Waals surface area contributed by atoms with Crippen molar-refractivity contribution in [2.45, 2.75) is 36.9 Å². The summed E-state index contributed by atoms with van der Waals surface area (Å²) in [6, 6.07) is 18.2. The predicted octanol–water partition coefficient (Wildman–Crippen LogP) is 3.31. The Balaban J connectivity index is 1.40. The van der Waals surface area contributed by atoms with Crippen LogP contribution in [0.25, 0.3) is 0 Å². The highest BCUT2D eigenvalue weighted by Gasteiger charge is 2.67. The van der Waals surface area contributed by atoms with E-state index in [-0.39, 0.29) is 35.9 Å². The van der Waals surface area contributed by atoms with Gasteiger partial charge >= 0.3 is 0 Å². The molecule has 0 aromatic heterocycles. The fourth-order valence-electron chi connectivity index (χ4n) is 5.89. The molecule has 3 fully saturated rings. The molecule has 2 aromatic carbocycles. The highest BCUT2D eigenvalue weighted by atomic mass is 35.5. The van der Waals surface area contributed by atoms with Gasteiger partial charge in [0.1, 0.15) is 0 Å². The molecule has 164 valence electrons. The Morgan fingerprint density at radius 1 is 1.10 bits per heavy atom. The molecule has 6 heteroatoms. The molecule has 1 spiro atoms. The molecule has 5 rings (SSSR count). The topological polar surface area (TPSA) is 53.0 Å². The molecular formula is C25H29ClN2O3. The number of carbonyl (C=O) groups excluding carboxylic acids is 1. The molecule has 3 aliphatic rings. The number of halogens is 1. The first-order valence-electron chi connectivity index (χ1n) is 11.2. The van der Waals surface area contributed by atoms with Gasteiger partial charge in [-0.1, -0.05) is 54.1 Å². The van der Waals surface area contributed by atoms with E-state index in [2.05, 4.69) is 23.1 Å². The number of nitrogens with zero attached hydrogens (tertiary/aromatic N) is 2. The van der Waals surface area contributed by atoms with E-state index in [1.165, 1.54) is 11.1 Å². The van der Waals surface area contributed by atoms with Crippen LogP contribution in [0.3, 0.4) is 0 Å². The smallest absolute Gasteiger partial charge is 0.226 e. The van der Waals surface area contributed by atoms with Gasteiger partial charge in [-0.3, -0.25) is 9.69 Å². The van der Waals surface area contributed by atoms with Crippen LogP contribution < -0.4 is 0 Å². The largest absolute Gasteiger partial charge is 0.394 e. The maximum atomic E-state index is 13.6. The number of likely N-dealkylation sites (tertiary alicyclic amines) is 2. The highest BCUT2D eigenvalue weighted by Crippen LogP contribution is 2.54. The summed E-state index contributed by atoms with van der Waals surface area (Å²) >= 11 is 6.17. The number of benzene rings is 2. The molecule has 3 heterocycles. The molecule has 1 amide bonds. The number of aliphatic hydroxyl groups excluding tert-OH is 1. The van der Waals surface area contributed by atoms with Crippen LogP contribution in [0.1, 0.15) is 29.9 Å². The summed E-state index contributed by atoms with van der Waals surface area (Å²) in [6.45, 7) is 3.71. The molecule has 2 aromatic rings. The Labute approximate surface area is 188 Å². The van der Waals surface area contributed by atoms with Crippen LogP contribution in [0.2, 0.25) is 5.02 Å². The molecule has 0 saturated carbocycles. The van der Waals surface area contributed by atoms with Gasteiger partial charge in [0.2, 0.25) is 5.91 Å². The van der Waals surface area contributed by atoms with Crippen molar-refractivity contribution < 1.29 is 14.6 Å². The summed E-state index contributed by atoms with van der Waals surface area (Å²) in [6.07, 6.45) is 1.54. The van der Waals surface area contributed by atoms with Crippen LogP contribution in [-0.2, 0) is 16.1 Å². The van der Waals surface area contributed by atoms with Crippen molar-refractivity contribution in [3.63, 3.8) is 0 Å². The number of ether oxygens (including phenoxy) is 1. The van der Waals surface area contributed by atoms with Crippen molar-refractivity contribution in [1.29, 1.82) is 0 Å². The van der Waals surface area contributed by atoms with Crippen molar-refractivity contribution in [1.82, 2.24) is 9.80 Å². The van der Waals surface area contributed by atoms with Crippen LogP contribution in [-0.4, -0.2) is 65.3 Å². The summed E-state index contributed by atoms with van der Waals surface area (Å²) < 4.78 is 5.47. The third-order valence-electron chi connectivity index (χ3n) is 7.22. The van der Waals surface area contributed by atoms with Gasteiger partial charge in [0.05, 0.1) is 18.2 Å². The van der Waals surface area contributed by atoms with E-state index in [1.54, 1.807) is 0 Å². The van der Waals surface area contributed by atoms with Crippen LogP contribution in [0, 0.1) is 5.92 Å². The van der Waals surface area contributed by atoms with Crippen molar-refractivity contribution in [2.24, 2.45) is 5.92 Å². The van der Waals surface area contributed by atoms with Gasteiger partial charge in [-0.2, -0.15) is 0 Å². The van der Waals surface area contributed by atoms with Crippen LogP contribution >= 0.6 is 11.6 Å². The van der Waals surface area contributed by atoms with Gasteiger partial charge in [-0.05, 0) is 36.1 Å². The molecule has 1 N–H and O–H groups in total. The van der Waals surface area contributed by atoms with E-state index in [9.17, 15) is 9.90 Å². The zero-order valence-electron chi connectivity index (χ0n) is 17.6. The number of rotatable bonds is 5. The average molecular weight is 441 g/mol. The summed E-state index contributed by atoms with van der Waals surface area (Å²) in [5, 5.41) is 11.0. The molecular weight excluding hydrogens is 412 g/mol. The van der Waals surface area contributed by atoms with Gasteiger partial charge < -0.3 is 14.7 Å². The zero-order valence-corrected chi connectivity index (χ0v) is 18.4. The van der Waals surface area contributed by atoms with Crippen LogP contribution in [0.5, 0.6) is 0 Å². The number of aliphatic hydroxyl groups is 1. The predicted molar refractivity (Wildman–Crippen MR) is 120 cm³/mol. The molecule has 3 saturated heterocycles. The Morgan fingerprint density at radius 3 is 2.52 bits per heavy atom. The lowest BCUT2D eigenvalue weighted by molar-refractivity contribution is -0.206. The summed E-state index contributed by atoms with van der Waals surface area (Å²) in [7, 11) is 0. The van der Waals surface area contributed by atoms with E-state index < -0.39 is 0 Å². The average Bonchev–Trinajstić information content (AvgIpc) is 2.76. The molecule has 0 bridgehead atoms. The van der Waals surface area contributed by atoms with Gasteiger partial charge in [0, 0.05) is 49.7 Å². The highest BCUT2D eigenvalue weighted by molar-refractivity contribution is 6.30. The standard InChI is InChI=1S/C25H29ClN2O3/c26-21-8-4-5-18(13-21)14-27-16-25(17-27)23(19-6-2-1-3-7-19)22(15-29)28(25)24(30)20-9-11-31-12-10-20/h1-8,13,20,22-23,29H,9-12,14-17H2/t22-,23+/m0/s1. The Bertz CT molecular complexity index is 925. The lowest BCUT2D eigenvalue weighted by Gasteiger charge is -2.71. The van der Waals surface area contributed by atoms with E-state index >= 15 is 0 Å². The molecule has 0 unspecified atom stereocenters. The minimum Gasteiger partial charge on any atom is -0.394 e. The quantitative estimate of drug-likeness (QED) is 0.775.